The predicted octanol–water partition coefficient (Wildman–Crippen LogP) is 2.83. The van der Waals surface area contributed by atoms with E-state index < -0.39 is 18.7 Å². The van der Waals surface area contributed by atoms with Crippen LogP contribution in [0.1, 0.15) is 22.2 Å². The molecule has 0 aliphatic carbocycles. The first-order valence-corrected chi connectivity index (χ1v) is 5.80. The Balaban J connectivity index is 2.74. The molecule has 0 amide bonds. The van der Waals surface area contributed by atoms with Gasteiger partial charge < -0.3 is 5.11 Å². The van der Waals surface area contributed by atoms with Crippen molar-refractivity contribution in [3.8, 4) is 0 Å². The van der Waals surface area contributed by atoms with Gasteiger partial charge in [-0.2, -0.15) is 13.2 Å². The molecule has 7 heteroatoms. The molecule has 96 valence electrons. The number of hydrogen-bond acceptors (Lipinski definition) is 3. The van der Waals surface area contributed by atoms with Crippen LogP contribution in [0.25, 0.3) is 0 Å². The Bertz CT molecular complexity index is 389. The summed E-state index contributed by atoms with van der Waals surface area (Å²) < 4.78 is 36.7. The van der Waals surface area contributed by atoms with E-state index in [1.165, 1.54) is 0 Å². The van der Waals surface area contributed by atoms with E-state index in [9.17, 15) is 18.0 Å². The number of carboxylic acids is 1. The van der Waals surface area contributed by atoms with E-state index in [1.807, 2.05) is 0 Å². The van der Waals surface area contributed by atoms with Crippen molar-refractivity contribution in [1.29, 1.82) is 0 Å². The topological polar surface area (TPSA) is 40.5 Å². The van der Waals surface area contributed by atoms with Crippen molar-refractivity contribution in [3.63, 3.8) is 0 Å². The molecular formula is C10H12F3NO2S. The van der Waals surface area contributed by atoms with E-state index >= 15 is 0 Å². The first-order chi connectivity index (χ1) is 7.83. The minimum atomic E-state index is -4.27. The van der Waals surface area contributed by atoms with E-state index in [0.717, 1.165) is 16.2 Å². The van der Waals surface area contributed by atoms with Crippen LogP contribution in [-0.2, 0) is 6.54 Å². The quantitative estimate of drug-likeness (QED) is 0.891. The summed E-state index contributed by atoms with van der Waals surface area (Å²) in [7, 11) is 0. The van der Waals surface area contributed by atoms with Gasteiger partial charge in [0.25, 0.3) is 0 Å². The van der Waals surface area contributed by atoms with E-state index in [1.54, 1.807) is 18.4 Å². The highest BCUT2D eigenvalue weighted by Gasteiger charge is 2.30. The molecule has 1 N–H and O–H groups in total. The zero-order valence-corrected chi connectivity index (χ0v) is 9.94. The van der Waals surface area contributed by atoms with Crippen LogP contribution in [0.15, 0.2) is 11.4 Å². The highest BCUT2D eigenvalue weighted by molar-refractivity contribution is 7.12. The summed E-state index contributed by atoms with van der Waals surface area (Å²) in [5.41, 5.74) is 0.425. The van der Waals surface area contributed by atoms with Gasteiger partial charge in [0, 0.05) is 6.54 Å². The molecule has 0 saturated carbocycles. The molecule has 0 saturated heterocycles. The van der Waals surface area contributed by atoms with Gasteiger partial charge in [-0.1, -0.05) is 6.92 Å². The zero-order chi connectivity index (χ0) is 13.1. The SMILES string of the molecule is CCN(Cc1ccsc1C(=O)O)CC(F)(F)F. The van der Waals surface area contributed by atoms with Gasteiger partial charge in [0.1, 0.15) is 4.88 Å². The molecule has 1 heterocycles. The van der Waals surface area contributed by atoms with Gasteiger partial charge >= 0.3 is 12.1 Å². The number of aromatic carboxylic acids is 1. The monoisotopic (exact) mass is 267 g/mol. The average molecular weight is 267 g/mol. The maximum absolute atomic E-state index is 12.2. The lowest BCUT2D eigenvalue weighted by atomic mass is 10.2. The van der Waals surface area contributed by atoms with Gasteiger partial charge in [0.05, 0.1) is 6.54 Å². The van der Waals surface area contributed by atoms with Gasteiger partial charge in [0.2, 0.25) is 0 Å². The fraction of sp³-hybridized carbons (Fsp3) is 0.500. The maximum atomic E-state index is 12.2. The van der Waals surface area contributed by atoms with Crippen LogP contribution in [0.3, 0.4) is 0 Å². The van der Waals surface area contributed by atoms with Crippen LogP contribution in [0.4, 0.5) is 13.2 Å². The molecule has 1 aromatic heterocycles. The number of carboxylic acid groups (broad SMARTS) is 1. The Labute approximate surface area is 100 Å². The van der Waals surface area contributed by atoms with Gasteiger partial charge in [-0.15, -0.1) is 11.3 Å². The molecule has 17 heavy (non-hydrogen) atoms. The predicted molar refractivity (Wildman–Crippen MR) is 58.3 cm³/mol. The van der Waals surface area contributed by atoms with Crippen molar-refractivity contribution in [1.82, 2.24) is 4.90 Å². The number of carbonyl (C=O) groups is 1. The second kappa shape index (κ2) is 5.50. The van der Waals surface area contributed by atoms with Crippen molar-refractivity contribution in [2.45, 2.75) is 19.6 Å². The lowest BCUT2D eigenvalue weighted by molar-refractivity contribution is -0.146. The third-order valence-corrected chi connectivity index (χ3v) is 3.13. The van der Waals surface area contributed by atoms with Crippen LogP contribution in [-0.4, -0.2) is 35.2 Å². The Morgan fingerprint density at radius 1 is 1.53 bits per heavy atom. The minimum Gasteiger partial charge on any atom is -0.477 e. The number of rotatable bonds is 5. The molecule has 3 nitrogen and oxygen atoms in total. The molecule has 0 radical (unpaired) electrons. The summed E-state index contributed by atoms with van der Waals surface area (Å²) in [5.74, 6) is -1.10. The fourth-order valence-electron chi connectivity index (χ4n) is 1.42. The lowest BCUT2D eigenvalue weighted by Crippen LogP contribution is -2.33. The summed E-state index contributed by atoms with van der Waals surface area (Å²) in [4.78, 5) is 12.1. The van der Waals surface area contributed by atoms with Crippen molar-refractivity contribution in [2.24, 2.45) is 0 Å². The molecule has 0 aliphatic rings. The molecular weight excluding hydrogens is 255 g/mol. The standard InChI is InChI=1S/C10H12F3NO2S/c1-2-14(6-10(11,12)13)5-7-3-4-17-8(7)9(15)16/h3-4H,2,5-6H2,1H3,(H,15,16). The lowest BCUT2D eigenvalue weighted by Gasteiger charge is -2.21. The van der Waals surface area contributed by atoms with Crippen LogP contribution in [0.5, 0.6) is 0 Å². The molecule has 0 aliphatic heterocycles. The molecule has 0 atom stereocenters. The minimum absolute atomic E-state index is 0.00113. The van der Waals surface area contributed by atoms with Gasteiger partial charge in [-0.05, 0) is 23.6 Å². The van der Waals surface area contributed by atoms with E-state index in [4.69, 9.17) is 5.11 Å². The van der Waals surface area contributed by atoms with E-state index in [0.29, 0.717) is 5.56 Å². The van der Waals surface area contributed by atoms with Crippen LogP contribution < -0.4 is 0 Å². The smallest absolute Gasteiger partial charge is 0.401 e. The van der Waals surface area contributed by atoms with Crippen molar-refractivity contribution in [2.75, 3.05) is 13.1 Å². The molecule has 0 bridgehead atoms. The highest BCUT2D eigenvalue weighted by atomic mass is 32.1. The molecule has 1 aromatic rings. The highest BCUT2D eigenvalue weighted by Crippen LogP contribution is 2.21. The van der Waals surface area contributed by atoms with Gasteiger partial charge in [-0.25, -0.2) is 4.79 Å². The summed E-state index contributed by atoms with van der Waals surface area (Å²) in [6.45, 7) is 0.798. The molecule has 0 fully saturated rings. The summed E-state index contributed by atoms with van der Waals surface area (Å²) >= 11 is 1.02. The third kappa shape index (κ3) is 4.35. The Kier molecular flexibility index (Phi) is 4.53. The second-order valence-electron chi connectivity index (χ2n) is 3.50. The molecule has 0 aromatic carbocycles. The number of alkyl halides is 3. The summed E-state index contributed by atoms with van der Waals surface area (Å²) in [6.07, 6.45) is -4.27. The third-order valence-electron chi connectivity index (χ3n) is 2.19. The average Bonchev–Trinajstić information content (AvgIpc) is 2.62. The Morgan fingerprint density at radius 2 is 2.18 bits per heavy atom. The number of thiophene rings is 1. The largest absolute Gasteiger partial charge is 0.477 e. The first-order valence-electron chi connectivity index (χ1n) is 4.92. The first kappa shape index (κ1) is 14.0. The number of hydrogen-bond donors (Lipinski definition) is 1. The number of nitrogens with zero attached hydrogens (tertiary/aromatic N) is 1. The van der Waals surface area contributed by atoms with E-state index in [-0.39, 0.29) is 18.0 Å². The van der Waals surface area contributed by atoms with Gasteiger partial charge in [-0.3, -0.25) is 4.90 Å². The summed E-state index contributed by atoms with van der Waals surface area (Å²) in [5, 5.41) is 10.4. The zero-order valence-electron chi connectivity index (χ0n) is 9.12. The Morgan fingerprint density at radius 3 is 2.65 bits per heavy atom. The Hall–Kier alpha value is -1.08. The van der Waals surface area contributed by atoms with Crippen LogP contribution >= 0.6 is 11.3 Å². The van der Waals surface area contributed by atoms with Crippen LogP contribution in [0.2, 0.25) is 0 Å². The normalized spacial score (nSPS) is 12.1. The van der Waals surface area contributed by atoms with Crippen molar-refractivity contribution < 1.29 is 23.1 Å². The maximum Gasteiger partial charge on any atom is 0.401 e. The van der Waals surface area contributed by atoms with Crippen LogP contribution in [0, 0.1) is 0 Å². The summed E-state index contributed by atoms with van der Waals surface area (Å²) in [6, 6.07) is 1.55. The second-order valence-corrected chi connectivity index (χ2v) is 4.41. The molecule has 1 rings (SSSR count). The molecule has 0 spiro atoms. The van der Waals surface area contributed by atoms with Crippen molar-refractivity contribution >= 4 is 17.3 Å². The fourth-order valence-corrected chi connectivity index (χ4v) is 2.17. The van der Waals surface area contributed by atoms with Gasteiger partial charge in [0.15, 0.2) is 0 Å². The number of halogens is 3. The van der Waals surface area contributed by atoms with E-state index in [2.05, 4.69) is 0 Å². The molecule has 0 unspecified atom stereocenters. The van der Waals surface area contributed by atoms with Crippen molar-refractivity contribution in [3.05, 3.63) is 21.9 Å².